The highest BCUT2D eigenvalue weighted by molar-refractivity contribution is 5.98. The summed E-state index contributed by atoms with van der Waals surface area (Å²) in [6, 6.07) is 7.02. The highest BCUT2D eigenvalue weighted by atomic mass is 16.2. The van der Waals surface area contributed by atoms with E-state index in [0.717, 1.165) is 0 Å². The lowest BCUT2D eigenvalue weighted by molar-refractivity contribution is 0.0783. The molecule has 0 aliphatic carbocycles. The summed E-state index contributed by atoms with van der Waals surface area (Å²) >= 11 is 0. The molecule has 2 aromatic heterocycles. The second kappa shape index (κ2) is 9.15. The Hall–Kier alpha value is -3.09. The molecule has 0 radical (unpaired) electrons. The number of pyridine rings is 2. The summed E-state index contributed by atoms with van der Waals surface area (Å²) in [6.45, 7) is 2.37. The van der Waals surface area contributed by atoms with Crippen LogP contribution in [0.1, 0.15) is 46.4 Å². The Morgan fingerprint density at radius 2 is 0.967 bits per heavy atom. The van der Waals surface area contributed by atoms with Crippen LogP contribution >= 0.6 is 0 Å². The number of rotatable bonds is 4. The molecule has 4 heterocycles. The second-order valence-corrected chi connectivity index (χ2v) is 8.01. The van der Waals surface area contributed by atoms with Crippen LogP contribution in [0, 0.1) is 11.8 Å². The van der Waals surface area contributed by atoms with E-state index in [1.54, 1.807) is 49.1 Å². The van der Waals surface area contributed by atoms with Crippen molar-refractivity contribution >= 4 is 17.6 Å². The van der Waals surface area contributed by atoms with Gasteiger partial charge in [0.15, 0.2) is 11.6 Å². The van der Waals surface area contributed by atoms with Crippen LogP contribution in [0.3, 0.4) is 0 Å². The molecule has 0 spiro atoms. The summed E-state index contributed by atoms with van der Waals surface area (Å²) < 4.78 is 0. The maximum absolute atomic E-state index is 12.9. The number of amides is 2. The third kappa shape index (κ3) is 4.40. The molecular weight excluding hydrogens is 380 g/mol. The number of ketones is 2. The summed E-state index contributed by atoms with van der Waals surface area (Å²) in [5.41, 5.74) is 1.38. The number of hydrogen-bond acceptors (Lipinski definition) is 5. The maximum atomic E-state index is 12.9. The quantitative estimate of drug-likeness (QED) is 0.729. The minimum atomic E-state index is -0.0415. The predicted molar refractivity (Wildman–Crippen MR) is 111 cm³/mol. The van der Waals surface area contributed by atoms with E-state index < -0.39 is 0 Å². The van der Waals surface area contributed by atoms with Gasteiger partial charge in [-0.3, -0.25) is 19.6 Å². The molecule has 7 nitrogen and oxygen atoms in total. The van der Waals surface area contributed by atoms with Crippen molar-refractivity contribution in [2.45, 2.75) is 25.7 Å². The van der Waals surface area contributed by atoms with Crippen LogP contribution in [0.15, 0.2) is 49.1 Å². The summed E-state index contributed by atoms with van der Waals surface area (Å²) in [7, 11) is 0. The summed E-state index contributed by atoms with van der Waals surface area (Å²) in [6.07, 6.45) is 9.27. The topological polar surface area (TPSA) is 83.5 Å². The zero-order valence-electron chi connectivity index (χ0n) is 16.9. The first kappa shape index (κ1) is 20.2. The molecular formula is C23H26N4O3. The van der Waals surface area contributed by atoms with Gasteiger partial charge in [0.1, 0.15) is 0 Å². The fraction of sp³-hybridized carbons (Fsp3) is 0.435. The largest absolute Gasteiger partial charge is 0.325 e. The Kier molecular flexibility index (Phi) is 6.16. The summed E-state index contributed by atoms with van der Waals surface area (Å²) in [5, 5.41) is 0. The molecule has 30 heavy (non-hydrogen) atoms. The van der Waals surface area contributed by atoms with Gasteiger partial charge in [0.05, 0.1) is 0 Å². The molecule has 2 saturated heterocycles. The molecule has 0 unspecified atom stereocenters. The normalized spacial score (nSPS) is 18.3. The van der Waals surface area contributed by atoms with E-state index in [9.17, 15) is 14.4 Å². The van der Waals surface area contributed by atoms with Crippen molar-refractivity contribution in [2.75, 3.05) is 26.2 Å². The van der Waals surface area contributed by atoms with Crippen LogP contribution in [0.5, 0.6) is 0 Å². The molecule has 2 amide bonds. The zero-order valence-corrected chi connectivity index (χ0v) is 16.9. The molecule has 0 N–H and O–H groups in total. The SMILES string of the molecule is O=C(c1ccncc1)C1CCN(C(=O)N2CCC(C(=O)c3ccncc3)CC2)CC1. The van der Waals surface area contributed by atoms with Crippen LogP contribution in [0.4, 0.5) is 4.79 Å². The van der Waals surface area contributed by atoms with Gasteiger partial charge in [-0.25, -0.2) is 4.79 Å². The van der Waals surface area contributed by atoms with Crippen LogP contribution in [0.2, 0.25) is 0 Å². The number of piperidine rings is 2. The van der Waals surface area contributed by atoms with Crippen molar-refractivity contribution in [3.8, 4) is 0 Å². The Balaban J connectivity index is 1.26. The molecule has 7 heteroatoms. The van der Waals surface area contributed by atoms with E-state index in [4.69, 9.17) is 0 Å². The fourth-order valence-corrected chi connectivity index (χ4v) is 4.37. The van der Waals surface area contributed by atoms with Crippen molar-refractivity contribution in [1.82, 2.24) is 19.8 Å². The van der Waals surface area contributed by atoms with Crippen LogP contribution in [0.25, 0.3) is 0 Å². The lowest BCUT2D eigenvalue weighted by Crippen LogP contribution is -2.50. The first-order valence-electron chi connectivity index (χ1n) is 10.6. The lowest BCUT2D eigenvalue weighted by Gasteiger charge is -2.38. The monoisotopic (exact) mass is 406 g/mol. The third-order valence-electron chi connectivity index (χ3n) is 6.20. The predicted octanol–water partition coefficient (Wildman–Crippen LogP) is 3.09. The summed E-state index contributed by atoms with van der Waals surface area (Å²) in [4.78, 5) is 49.8. The van der Waals surface area contributed by atoms with E-state index in [1.165, 1.54) is 0 Å². The van der Waals surface area contributed by atoms with E-state index in [2.05, 4.69) is 9.97 Å². The van der Waals surface area contributed by atoms with Gasteiger partial charge in [-0.2, -0.15) is 0 Å². The van der Waals surface area contributed by atoms with Gasteiger partial charge in [0, 0.05) is 73.9 Å². The molecule has 4 rings (SSSR count). The van der Waals surface area contributed by atoms with Crippen molar-refractivity contribution in [2.24, 2.45) is 11.8 Å². The second-order valence-electron chi connectivity index (χ2n) is 8.01. The average molecular weight is 406 g/mol. The molecule has 2 aromatic rings. The number of urea groups is 1. The Morgan fingerprint density at radius 1 is 0.633 bits per heavy atom. The van der Waals surface area contributed by atoms with Crippen LogP contribution in [-0.2, 0) is 0 Å². The number of aromatic nitrogens is 2. The molecule has 2 aliphatic rings. The van der Waals surface area contributed by atoms with Gasteiger partial charge in [-0.1, -0.05) is 0 Å². The van der Waals surface area contributed by atoms with E-state index in [1.807, 2.05) is 9.80 Å². The van der Waals surface area contributed by atoms with Gasteiger partial charge >= 0.3 is 6.03 Å². The van der Waals surface area contributed by atoms with Gasteiger partial charge in [-0.05, 0) is 49.9 Å². The number of Topliss-reactive ketones (excluding diaryl/α,β-unsaturated/α-hetero) is 2. The first-order chi connectivity index (χ1) is 14.6. The molecule has 0 aromatic carbocycles. The number of nitrogens with zero attached hydrogens (tertiary/aromatic N) is 4. The van der Waals surface area contributed by atoms with Crippen molar-refractivity contribution < 1.29 is 14.4 Å². The zero-order chi connectivity index (χ0) is 20.9. The summed E-state index contributed by atoms with van der Waals surface area (Å²) in [5.74, 6) is 0.195. The smallest absolute Gasteiger partial charge is 0.319 e. The Labute approximate surface area is 176 Å². The molecule has 0 bridgehead atoms. The Bertz CT molecular complexity index is 814. The number of carbonyl (C=O) groups is 3. The van der Waals surface area contributed by atoms with Gasteiger partial charge in [0.25, 0.3) is 0 Å². The minimum Gasteiger partial charge on any atom is -0.325 e. The van der Waals surface area contributed by atoms with Gasteiger partial charge in [0.2, 0.25) is 0 Å². The minimum absolute atomic E-state index is 0.0274. The van der Waals surface area contributed by atoms with Crippen molar-refractivity contribution in [3.05, 3.63) is 60.2 Å². The van der Waals surface area contributed by atoms with Gasteiger partial charge in [-0.15, -0.1) is 0 Å². The van der Waals surface area contributed by atoms with Crippen LogP contribution in [-0.4, -0.2) is 63.5 Å². The third-order valence-corrected chi connectivity index (χ3v) is 6.20. The Morgan fingerprint density at radius 3 is 1.30 bits per heavy atom. The lowest BCUT2D eigenvalue weighted by atomic mass is 9.88. The van der Waals surface area contributed by atoms with E-state index in [-0.39, 0.29) is 29.4 Å². The molecule has 0 saturated carbocycles. The van der Waals surface area contributed by atoms with E-state index in [0.29, 0.717) is 63.0 Å². The highest BCUT2D eigenvalue weighted by Gasteiger charge is 2.33. The maximum Gasteiger partial charge on any atom is 0.319 e. The average Bonchev–Trinajstić information content (AvgIpc) is 2.84. The number of carbonyl (C=O) groups excluding carboxylic acids is 3. The van der Waals surface area contributed by atoms with E-state index >= 15 is 0 Å². The van der Waals surface area contributed by atoms with Crippen LogP contribution < -0.4 is 0 Å². The van der Waals surface area contributed by atoms with Crippen molar-refractivity contribution in [3.63, 3.8) is 0 Å². The standard InChI is InChI=1S/C23H26N4O3/c28-21(17-1-9-24-10-2-17)19-5-13-26(14-6-19)23(30)27-15-7-20(8-16-27)22(29)18-3-11-25-12-4-18/h1-4,9-12,19-20H,5-8,13-16H2. The molecule has 2 fully saturated rings. The molecule has 156 valence electrons. The molecule has 2 aliphatic heterocycles. The number of hydrogen-bond donors (Lipinski definition) is 0. The fourth-order valence-electron chi connectivity index (χ4n) is 4.37. The first-order valence-corrected chi connectivity index (χ1v) is 10.6. The molecule has 0 atom stereocenters. The van der Waals surface area contributed by atoms with Gasteiger partial charge < -0.3 is 9.80 Å². The van der Waals surface area contributed by atoms with Crippen molar-refractivity contribution in [1.29, 1.82) is 0 Å². The highest BCUT2D eigenvalue weighted by Crippen LogP contribution is 2.25. The number of likely N-dealkylation sites (tertiary alicyclic amines) is 2.